The summed E-state index contributed by atoms with van der Waals surface area (Å²) in [7, 11) is -3.55. The molecule has 0 atom stereocenters. The zero-order valence-electron chi connectivity index (χ0n) is 16.1. The van der Waals surface area contributed by atoms with Gasteiger partial charge in [0.1, 0.15) is 0 Å². The van der Waals surface area contributed by atoms with Crippen LogP contribution >= 0.6 is 0 Å². The second kappa shape index (κ2) is 7.96. The minimum Gasteiger partial charge on any atom is -0.454 e. The summed E-state index contributed by atoms with van der Waals surface area (Å²) in [5.41, 5.74) is 2.44. The number of rotatable bonds is 7. The number of ether oxygens (including phenoxy) is 1. The van der Waals surface area contributed by atoms with Crippen LogP contribution in [-0.4, -0.2) is 37.6 Å². The number of hydrogen-bond acceptors (Lipinski definition) is 5. The number of ketones is 1. The quantitative estimate of drug-likeness (QED) is 0.577. The smallest absolute Gasteiger partial charge is 0.340 e. The third-order valence-electron chi connectivity index (χ3n) is 4.08. The number of para-hydroxylation sites is 1. The van der Waals surface area contributed by atoms with Gasteiger partial charge in [-0.3, -0.25) is 9.52 Å². The van der Waals surface area contributed by atoms with E-state index in [-0.39, 0.29) is 23.1 Å². The second-order valence-corrected chi connectivity index (χ2v) is 8.42. The van der Waals surface area contributed by atoms with Crippen LogP contribution in [0.15, 0.2) is 30.3 Å². The van der Waals surface area contributed by atoms with Crippen molar-refractivity contribution in [3.63, 3.8) is 0 Å². The summed E-state index contributed by atoms with van der Waals surface area (Å²) in [6.07, 6.45) is 0.989. The van der Waals surface area contributed by atoms with E-state index in [1.54, 1.807) is 18.2 Å². The number of carbonyl (C=O) groups excluding carboxylic acids is 2. The molecule has 27 heavy (non-hydrogen) atoms. The number of nitrogens with one attached hydrogen (secondary N) is 1. The number of anilines is 1. The van der Waals surface area contributed by atoms with Crippen molar-refractivity contribution in [1.29, 1.82) is 0 Å². The van der Waals surface area contributed by atoms with Crippen molar-refractivity contribution in [3.05, 3.63) is 52.8 Å². The van der Waals surface area contributed by atoms with E-state index >= 15 is 0 Å². The van der Waals surface area contributed by atoms with Crippen LogP contribution in [0, 0.1) is 13.8 Å². The molecule has 0 aliphatic heterocycles. The highest BCUT2D eigenvalue weighted by atomic mass is 32.2. The summed E-state index contributed by atoms with van der Waals surface area (Å²) in [5, 5.41) is 0. The van der Waals surface area contributed by atoms with Gasteiger partial charge in [0, 0.05) is 23.0 Å². The lowest BCUT2D eigenvalue weighted by molar-refractivity contribution is 0.0475. The predicted octanol–water partition coefficient (Wildman–Crippen LogP) is 3.10. The van der Waals surface area contributed by atoms with Gasteiger partial charge in [0.25, 0.3) is 0 Å². The number of nitrogens with zero attached hydrogens (tertiary/aromatic N) is 1. The Morgan fingerprint density at radius 3 is 2.33 bits per heavy atom. The minimum atomic E-state index is -3.55. The van der Waals surface area contributed by atoms with Crippen molar-refractivity contribution >= 4 is 27.5 Å². The molecule has 1 aromatic heterocycles. The molecule has 1 N–H and O–H groups in total. The fraction of sp³-hybridized carbons (Fsp3) is 0.368. The highest BCUT2D eigenvalue weighted by Gasteiger charge is 2.20. The van der Waals surface area contributed by atoms with Gasteiger partial charge < -0.3 is 9.30 Å². The van der Waals surface area contributed by atoms with Gasteiger partial charge in [0.05, 0.1) is 17.5 Å². The highest BCUT2D eigenvalue weighted by Crippen LogP contribution is 2.21. The Labute approximate surface area is 159 Å². The monoisotopic (exact) mass is 392 g/mol. The molecule has 0 fully saturated rings. The third kappa shape index (κ3) is 4.97. The van der Waals surface area contributed by atoms with E-state index in [2.05, 4.69) is 4.72 Å². The van der Waals surface area contributed by atoms with Crippen LogP contribution in [0.4, 0.5) is 5.69 Å². The zero-order chi connectivity index (χ0) is 20.4. The molecule has 7 nitrogen and oxygen atoms in total. The van der Waals surface area contributed by atoms with Gasteiger partial charge in [-0.2, -0.15) is 0 Å². The number of aryl methyl sites for hydroxylation is 1. The summed E-state index contributed by atoms with van der Waals surface area (Å²) < 4.78 is 32.3. The summed E-state index contributed by atoms with van der Waals surface area (Å²) >= 11 is 0. The molecule has 2 rings (SSSR count). The standard InChI is InChI=1S/C19H24N2O5S/c1-12(2)21-13(3)10-16(14(21)4)18(22)11-26-19(23)15-8-6-7-9-17(15)20-27(5,24)25/h6-10,12,20H,11H2,1-5H3. The SMILES string of the molecule is Cc1cc(C(=O)COC(=O)c2ccccc2NS(C)(=O)=O)c(C)n1C(C)C. The number of aromatic nitrogens is 1. The normalized spacial score (nSPS) is 11.5. The molecule has 0 bridgehead atoms. The molecular formula is C19H24N2O5S. The first kappa shape index (κ1) is 20.7. The summed E-state index contributed by atoms with van der Waals surface area (Å²) in [6.45, 7) is 7.41. The van der Waals surface area contributed by atoms with Crippen molar-refractivity contribution in [1.82, 2.24) is 4.57 Å². The first-order valence-electron chi connectivity index (χ1n) is 8.47. The van der Waals surface area contributed by atoms with Crippen molar-refractivity contribution in [2.45, 2.75) is 33.7 Å². The first-order chi connectivity index (χ1) is 12.5. The van der Waals surface area contributed by atoms with Gasteiger partial charge in [-0.15, -0.1) is 0 Å². The molecule has 0 saturated carbocycles. The largest absolute Gasteiger partial charge is 0.454 e. The second-order valence-electron chi connectivity index (χ2n) is 6.67. The Morgan fingerprint density at radius 2 is 1.78 bits per heavy atom. The van der Waals surface area contributed by atoms with Crippen molar-refractivity contribution in [3.8, 4) is 0 Å². The van der Waals surface area contributed by atoms with Gasteiger partial charge in [0.2, 0.25) is 15.8 Å². The Morgan fingerprint density at radius 1 is 1.15 bits per heavy atom. The van der Waals surface area contributed by atoms with Crippen LogP contribution < -0.4 is 4.72 Å². The number of carbonyl (C=O) groups is 2. The van der Waals surface area contributed by atoms with Crippen LogP contribution in [0.25, 0.3) is 0 Å². The molecular weight excluding hydrogens is 368 g/mol. The maximum absolute atomic E-state index is 12.5. The van der Waals surface area contributed by atoms with Gasteiger partial charge in [-0.05, 0) is 45.9 Å². The topological polar surface area (TPSA) is 94.5 Å². The van der Waals surface area contributed by atoms with Gasteiger partial charge >= 0.3 is 5.97 Å². The number of Topliss-reactive ketones (excluding diaryl/α,β-unsaturated/α-hetero) is 1. The van der Waals surface area contributed by atoms with Crippen LogP contribution in [-0.2, 0) is 14.8 Å². The molecule has 0 amide bonds. The number of sulfonamides is 1. The van der Waals surface area contributed by atoms with E-state index in [0.717, 1.165) is 17.6 Å². The van der Waals surface area contributed by atoms with Crippen molar-refractivity contribution < 1.29 is 22.7 Å². The summed E-state index contributed by atoms with van der Waals surface area (Å²) in [6, 6.07) is 8.06. The molecule has 8 heteroatoms. The Hall–Kier alpha value is -2.61. The molecule has 0 spiro atoms. The molecule has 0 aliphatic carbocycles. The lowest BCUT2D eigenvalue weighted by Crippen LogP contribution is -2.18. The average Bonchev–Trinajstić information content (AvgIpc) is 2.86. The van der Waals surface area contributed by atoms with Gasteiger partial charge in [-0.25, -0.2) is 13.2 Å². The third-order valence-corrected chi connectivity index (χ3v) is 4.67. The summed E-state index contributed by atoms with van der Waals surface area (Å²) in [5.74, 6) is -1.08. The molecule has 0 unspecified atom stereocenters. The lowest BCUT2D eigenvalue weighted by atomic mass is 10.1. The van der Waals surface area contributed by atoms with Crippen LogP contribution in [0.5, 0.6) is 0 Å². The minimum absolute atomic E-state index is 0.0448. The van der Waals surface area contributed by atoms with E-state index in [4.69, 9.17) is 4.74 Å². The molecule has 146 valence electrons. The molecule has 1 aromatic carbocycles. The van der Waals surface area contributed by atoms with E-state index in [1.165, 1.54) is 12.1 Å². The van der Waals surface area contributed by atoms with Crippen LogP contribution in [0.3, 0.4) is 0 Å². The Balaban J connectivity index is 2.15. The number of hydrogen-bond donors (Lipinski definition) is 1. The maximum atomic E-state index is 12.5. The number of esters is 1. The molecule has 0 radical (unpaired) electrons. The van der Waals surface area contributed by atoms with Crippen LogP contribution in [0.1, 0.15) is 52.0 Å². The number of benzene rings is 1. The van der Waals surface area contributed by atoms with Crippen molar-refractivity contribution in [2.75, 3.05) is 17.6 Å². The molecule has 2 aromatic rings. The molecule has 0 aliphatic rings. The Kier molecular flexibility index (Phi) is 6.10. The fourth-order valence-electron chi connectivity index (χ4n) is 3.09. The maximum Gasteiger partial charge on any atom is 0.340 e. The highest BCUT2D eigenvalue weighted by molar-refractivity contribution is 7.92. The average molecular weight is 392 g/mol. The van der Waals surface area contributed by atoms with Crippen LogP contribution in [0.2, 0.25) is 0 Å². The molecule has 0 saturated heterocycles. The van der Waals surface area contributed by atoms with E-state index in [9.17, 15) is 18.0 Å². The van der Waals surface area contributed by atoms with Crippen molar-refractivity contribution in [2.24, 2.45) is 0 Å². The van der Waals surface area contributed by atoms with E-state index in [1.807, 2.05) is 32.3 Å². The van der Waals surface area contributed by atoms with Gasteiger partial charge in [0.15, 0.2) is 6.61 Å². The lowest BCUT2D eigenvalue weighted by Gasteiger charge is -2.13. The van der Waals surface area contributed by atoms with E-state index in [0.29, 0.717) is 5.56 Å². The summed E-state index contributed by atoms with van der Waals surface area (Å²) in [4.78, 5) is 24.8. The zero-order valence-corrected chi connectivity index (χ0v) is 16.9. The Bertz CT molecular complexity index is 974. The van der Waals surface area contributed by atoms with Gasteiger partial charge in [-0.1, -0.05) is 12.1 Å². The fourth-order valence-corrected chi connectivity index (χ4v) is 3.67. The first-order valence-corrected chi connectivity index (χ1v) is 10.4. The predicted molar refractivity (Wildman–Crippen MR) is 104 cm³/mol. The van der Waals surface area contributed by atoms with E-state index < -0.39 is 22.6 Å². The molecule has 1 heterocycles.